The van der Waals surface area contributed by atoms with Gasteiger partial charge >= 0.3 is 0 Å². The molecule has 2 heterocycles. The second-order valence-electron chi connectivity index (χ2n) is 6.30. The van der Waals surface area contributed by atoms with E-state index >= 15 is 0 Å². The van der Waals surface area contributed by atoms with Crippen molar-refractivity contribution in [1.82, 2.24) is 10.3 Å². The van der Waals surface area contributed by atoms with E-state index in [0.29, 0.717) is 18.9 Å². The minimum absolute atomic E-state index is 0.113. The van der Waals surface area contributed by atoms with Gasteiger partial charge in [-0.25, -0.2) is 4.98 Å². The third-order valence-corrected chi connectivity index (χ3v) is 3.82. The number of nitrogens with zero attached hydrogens (tertiary/aromatic N) is 2. The largest absolute Gasteiger partial charge is 0.357 e. The Hall–Kier alpha value is -1.58. The van der Waals surface area contributed by atoms with Gasteiger partial charge in [-0.2, -0.15) is 0 Å². The first kappa shape index (κ1) is 15.8. The molecule has 116 valence electrons. The maximum Gasteiger partial charge on any atom is 0.220 e. The number of nitrogens with one attached hydrogen (secondary N) is 1. The van der Waals surface area contributed by atoms with Crippen LogP contribution < -0.4 is 10.2 Å². The van der Waals surface area contributed by atoms with E-state index in [1.54, 1.807) is 0 Å². The molecule has 0 radical (unpaired) electrons. The molecule has 1 fully saturated rings. The number of pyridine rings is 1. The lowest BCUT2D eigenvalue weighted by Gasteiger charge is -2.21. The summed E-state index contributed by atoms with van der Waals surface area (Å²) in [6.07, 6.45) is 7.64. The Morgan fingerprint density at radius 3 is 2.52 bits per heavy atom. The Morgan fingerprint density at radius 2 is 1.95 bits per heavy atom. The average molecular weight is 289 g/mol. The number of aromatic nitrogens is 1. The topological polar surface area (TPSA) is 45.2 Å². The van der Waals surface area contributed by atoms with E-state index < -0.39 is 0 Å². The van der Waals surface area contributed by atoms with Gasteiger partial charge in [-0.3, -0.25) is 4.79 Å². The lowest BCUT2D eigenvalue weighted by molar-refractivity contribution is -0.121. The number of hydrogen-bond donors (Lipinski definition) is 1. The van der Waals surface area contributed by atoms with E-state index in [9.17, 15) is 4.79 Å². The van der Waals surface area contributed by atoms with Crippen molar-refractivity contribution in [2.75, 3.05) is 18.0 Å². The fourth-order valence-electron chi connectivity index (χ4n) is 2.65. The maximum absolute atomic E-state index is 11.6. The average Bonchev–Trinajstić information content (AvgIpc) is 2.74. The van der Waals surface area contributed by atoms with Crippen molar-refractivity contribution < 1.29 is 4.79 Å². The Morgan fingerprint density at radius 1 is 1.24 bits per heavy atom. The van der Waals surface area contributed by atoms with Gasteiger partial charge in [0.15, 0.2) is 0 Å². The van der Waals surface area contributed by atoms with Crippen molar-refractivity contribution in [2.24, 2.45) is 5.92 Å². The number of rotatable bonds is 5. The van der Waals surface area contributed by atoms with Crippen LogP contribution in [0.3, 0.4) is 0 Å². The molecule has 1 aromatic rings. The standard InChI is InChI=1S/C17H27N3O/c1-14(2)11-17(21)19-13-15-7-8-16(18-12-15)20-9-5-3-4-6-10-20/h7-8,12,14H,3-6,9-11,13H2,1-2H3,(H,19,21). The molecule has 1 N–H and O–H groups in total. The highest BCUT2D eigenvalue weighted by Crippen LogP contribution is 2.17. The van der Waals surface area contributed by atoms with E-state index in [0.717, 1.165) is 24.5 Å². The first-order valence-corrected chi connectivity index (χ1v) is 8.11. The van der Waals surface area contributed by atoms with Crippen molar-refractivity contribution in [2.45, 2.75) is 52.5 Å². The van der Waals surface area contributed by atoms with E-state index in [1.807, 2.05) is 6.20 Å². The quantitative estimate of drug-likeness (QED) is 0.906. The van der Waals surface area contributed by atoms with E-state index in [4.69, 9.17) is 0 Å². The first-order valence-electron chi connectivity index (χ1n) is 8.11. The summed E-state index contributed by atoms with van der Waals surface area (Å²) in [4.78, 5) is 18.6. The summed E-state index contributed by atoms with van der Waals surface area (Å²) >= 11 is 0. The number of carbonyl (C=O) groups excluding carboxylic acids is 1. The molecule has 4 heteroatoms. The first-order chi connectivity index (χ1) is 10.1. The van der Waals surface area contributed by atoms with Crippen LogP contribution >= 0.6 is 0 Å². The van der Waals surface area contributed by atoms with Crippen LogP contribution in [0.15, 0.2) is 18.3 Å². The van der Waals surface area contributed by atoms with E-state index in [-0.39, 0.29) is 5.91 Å². The van der Waals surface area contributed by atoms with Gasteiger partial charge in [0, 0.05) is 32.3 Å². The summed E-state index contributed by atoms with van der Waals surface area (Å²) in [6, 6.07) is 4.15. The van der Waals surface area contributed by atoms with Crippen LogP contribution in [0.25, 0.3) is 0 Å². The summed E-state index contributed by atoms with van der Waals surface area (Å²) in [5, 5.41) is 2.95. The van der Waals surface area contributed by atoms with Crippen LogP contribution in [-0.2, 0) is 11.3 Å². The molecule has 1 amide bonds. The normalized spacial score (nSPS) is 15.9. The highest BCUT2D eigenvalue weighted by molar-refractivity contribution is 5.76. The molecular formula is C17H27N3O. The molecule has 4 nitrogen and oxygen atoms in total. The highest BCUT2D eigenvalue weighted by atomic mass is 16.1. The molecule has 0 bridgehead atoms. The van der Waals surface area contributed by atoms with Crippen molar-refractivity contribution >= 4 is 11.7 Å². The molecule has 1 aliphatic heterocycles. The molecule has 1 saturated heterocycles. The van der Waals surface area contributed by atoms with Gasteiger partial charge in [-0.05, 0) is 30.4 Å². The fourth-order valence-corrected chi connectivity index (χ4v) is 2.65. The van der Waals surface area contributed by atoms with Gasteiger partial charge in [0.1, 0.15) is 5.82 Å². The van der Waals surface area contributed by atoms with Crippen molar-refractivity contribution in [3.05, 3.63) is 23.9 Å². The van der Waals surface area contributed by atoms with Crippen LogP contribution in [0.5, 0.6) is 0 Å². The summed E-state index contributed by atoms with van der Waals surface area (Å²) < 4.78 is 0. The molecule has 0 saturated carbocycles. The number of carbonyl (C=O) groups is 1. The molecule has 0 aromatic carbocycles. The highest BCUT2D eigenvalue weighted by Gasteiger charge is 2.11. The molecule has 0 spiro atoms. The Balaban J connectivity index is 1.85. The molecule has 1 aliphatic rings. The second-order valence-corrected chi connectivity index (χ2v) is 6.30. The minimum atomic E-state index is 0.113. The van der Waals surface area contributed by atoms with Crippen molar-refractivity contribution in [3.63, 3.8) is 0 Å². The predicted octanol–water partition coefficient (Wildman–Crippen LogP) is 3.12. The van der Waals surface area contributed by atoms with Crippen LogP contribution in [0, 0.1) is 5.92 Å². The van der Waals surface area contributed by atoms with Gasteiger partial charge in [0.25, 0.3) is 0 Å². The number of anilines is 1. The lowest BCUT2D eigenvalue weighted by Crippen LogP contribution is -2.25. The summed E-state index contributed by atoms with van der Waals surface area (Å²) in [5.41, 5.74) is 1.06. The second kappa shape index (κ2) is 8.01. The van der Waals surface area contributed by atoms with Crippen LogP contribution in [-0.4, -0.2) is 24.0 Å². The Bertz CT molecular complexity index is 434. The third kappa shape index (κ3) is 5.37. The lowest BCUT2D eigenvalue weighted by atomic mass is 10.1. The van der Waals surface area contributed by atoms with Crippen molar-refractivity contribution in [1.29, 1.82) is 0 Å². The zero-order valence-electron chi connectivity index (χ0n) is 13.3. The molecule has 0 unspecified atom stereocenters. The van der Waals surface area contributed by atoms with E-state index in [2.05, 4.69) is 41.2 Å². The Labute approximate surface area is 127 Å². The fraction of sp³-hybridized carbons (Fsp3) is 0.647. The number of amides is 1. The molecule has 21 heavy (non-hydrogen) atoms. The van der Waals surface area contributed by atoms with Gasteiger partial charge < -0.3 is 10.2 Å². The zero-order chi connectivity index (χ0) is 15.1. The predicted molar refractivity (Wildman–Crippen MR) is 86.2 cm³/mol. The third-order valence-electron chi connectivity index (χ3n) is 3.82. The SMILES string of the molecule is CC(C)CC(=O)NCc1ccc(N2CCCCCC2)nc1. The van der Waals surface area contributed by atoms with Gasteiger partial charge in [0.2, 0.25) is 5.91 Å². The van der Waals surface area contributed by atoms with Gasteiger partial charge in [0.05, 0.1) is 0 Å². The molecule has 0 aliphatic carbocycles. The zero-order valence-corrected chi connectivity index (χ0v) is 13.3. The molecular weight excluding hydrogens is 262 g/mol. The summed E-state index contributed by atoms with van der Waals surface area (Å²) in [7, 11) is 0. The van der Waals surface area contributed by atoms with E-state index in [1.165, 1.54) is 25.7 Å². The maximum atomic E-state index is 11.6. The monoisotopic (exact) mass is 289 g/mol. The smallest absolute Gasteiger partial charge is 0.220 e. The molecule has 1 aromatic heterocycles. The Kier molecular flexibility index (Phi) is 6.03. The van der Waals surface area contributed by atoms with Crippen LogP contribution in [0.2, 0.25) is 0 Å². The van der Waals surface area contributed by atoms with Gasteiger partial charge in [-0.1, -0.05) is 32.8 Å². The molecule has 0 atom stereocenters. The summed E-state index contributed by atoms with van der Waals surface area (Å²) in [6.45, 7) is 6.89. The molecule has 2 rings (SSSR count). The van der Waals surface area contributed by atoms with Crippen molar-refractivity contribution in [3.8, 4) is 0 Å². The van der Waals surface area contributed by atoms with Crippen LogP contribution in [0.4, 0.5) is 5.82 Å². The van der Waals surface area contributed by atoms with Gasteiger partial charge in [-0.15, -0.1) is 0 Å². The van der Waals surface area contributed by atoms with Crippen LogP contribution in [0.1, 0.15) is 51.5 Å². The summed E-state index contributed by atoms with van der Waals surface area (Å²) in [5.74, 6) is 1.57. The number of hydrogen-bond acceptors (Lipinski definition) is 3. The minimum Gasteiger partial charge on any atom is -0.357 e.